The molecule has 5 heteroatoms. The number of nitrogens with zero attached hydrogens (tertiary/aromatic N) is 2. The molecule has 0 unspecified atom stereocenters. The number of aryl methyl sites for hydroxylation is 1. The van der Waals surface area contributed by atoms with E-state index < -0.39 is 0 Å². The fourth-order valence-corrected chi connectivity index (χ4v) is 3.66. The number of benzene rings is 1. The summed E-state index contributed by atoms with van der Waals surface area (Å²) in [6.07, 6.45) is 0. The van der Waals surface area contributed by atoms with Crippen molar-refractivity contribution in [3.8, 4) is 5.75 Å². The number of aromatic nitrogens is 1. The third kappa shape index (κ3) is 2.17. The van der Waals surface area contributed by atoms with Crippen LogP contribution in [-0.2, 0) is 0 Å². The van der Waals surface area contributed by atoms with Gasteiger partial charge >= 0.3 is 0 Å². The molecule has 1 saturated heterocycles. The number of methoxy groups -OCH3 is 1. The van der Waals surface area contributed by atoms with E-state index in [4.69, 9.17) is 9.72 Å². The highest BCUT2D eigenvalue weighted by Crippen LogP contribution is 2.38. The average Bonchev–Trinajstić information content (AvgIpc) is 2.84. The molecule has 3 rings (SSSR count). The Morgan fingerprint density at radius 1 is 1.32 bits per heavy atom. The van der Waals surface area contributed by atoms with E-state index >= 15 is 0 Å². The second kappa shape index (κ2) is 4.98. The Bertz CT molecular complexity index is 602. The van der Waals surface area contributed by atoms with E-state index in [0.717, 1.165) is 42.6 Å². The summed E-state index contributed by atoms with van der Waals surface area (Å²) in [6, 6.07) is 2.16. The SMILES string of the molecule is COc1c(C)c(C)cc2nc(N3CCNCC3)sc12. The van der Waals surface area contributed by atoms with Gasteiger partial charge in [0.2, 0.25) is 0 Å². The molecule has 1 N–H and O–H groups in total. The molecule has 0 bridgehead atoms. The molecular weight excluding hydrogens is 258 g/mol. The van der Waals surface area contributed by atoms with E-state index in [0.29, 0.717) is 0 Å². The van der Waals surface area contributed by atoms with Crippen LogP contribution in [-0.4, -0.2) is 38.3 Å². The molecular formula is C14H19N3OS. The van der Waals surface area contributed by atoms with Crippen molar-refractivity contribution < 1.29 is 4.74 Å². The first-order valence-corrected chi connectivity index (χ1v) is 7.42. The molecule has 4 nitrogen and oxygen atoms in total. The lowest BCUT2D eigenvalue weighted by Crippen LogP contribution is -2.43. The maximum Gasteiger partial charge on any atom is 0.186 e. The molecule has 19 heavy (non-hydrogen) atoms. The topological polar surface area (TPSA) is 37.4 Å². The van der Waals surface area contributed by atoms with Gasteiger partial charge in [-0.3, -0.25) is 0 Å². The smallest absolute Gasteiger partial charge is 0.186 e. The maximum absolute atomic E-state index is 5.58. The van der Waals surface area contributed by atoms with Gasteiger partial charge in [-0.25, -0.2) is 4.98 Å². The predicted molar refractivity (Wildman–Crippen MR) is 80.7 cm³/mol. The van der Waals surface area contributed by atoms with Crippen LogP contribution in [0.4, 0.5) is 5.13 Å². The minimum absolute atomic E-state index is 0.980. The molecule has 1 fully saturated rings. The fourth-order valence-electron chi connectivity index (χ4n) is 2.48. The largest absolute Gasteiger partial charge is 0.495 e. The number of thiazole rings is 1. The van der Waals surface area contributed by atoms with Crippen LogP contribution in [0.1, 0.15) is 11.1 Å². The highest BCUT2D eigenvalue weighted by molar-refractivity contribution is 7.22. The molecule has 2 heterocycles. The quantitative estimate of drug-likeness (QED) is 0.914. The van der Waals surface area contributed by atoms with Crippen molar-refractivity contribution in [1.29, 1.82) is 0 Å². The van der Waals surface area contributed by atoms with E-state index in [1.54, 1.807) is 18.4 Å². The van der Waals surface area contributed by atoms with Gasteiger partial charge in [-0.1, -0.05) is 11.3 Å². The van der Waals surface area contributed by atoms with E-state index in [1.807, 2.05) is 0 Å². The van der Waals surface area contributed by atoms with Crippen molar-refractivity contribution in [3.63, 3.8) is 0 Å². The van der Waals surface area contributed by atoms with Gasteiger partial charge in [0.05, 0.1) is 17.3 Å². The van der Waals surface area contributed by atoms with Crippen molar-refractivity contribution in [2.75, 3.05) is 38.2 Å². The maximum atomic E-state index is 5.58. The molecule has 1 aromatic heterocycles. The number of hydrogen-bond acceptors (Lipinski definition) is 5. The van der Waals surface area contributed by atoms with Gasteiger partial charge in [-0.15, -0.1) is 0 Å². The van der Waals surface area contributed by atoms with E-state index in [9.17, 15) is 0 Å². The lowest BCUT2D eigenvalue weighted by molar-refractivity contribution is 0.417. The second-order valence-corrected chi connectivity index (χ2v) is 5.91. The Hall–Kier alpha value is -1.33. The van der Waals surface area contributed by atoms with Crippen LogP contribution in [0.2, 0.25) is 0 Å². The first kappa shape index (κ1) is 12.7. The summed E-state index contributed by atoms with van der Waals surface area (Å²) in [5.74, 6) is 0.980. The zero-order valence-corrected chi connectivity index (χ0v) is 12.4. The van der Waals surface area contributed by atoms with Crippen LogP contribution in [0, 0.1) is 13.8 Å². The molecule has 0 radical (unpaired) electrons. The minimum Gasteiger partial charge on any atom is -0.495 e. The molecule has 1 aliphatic rings. The Labute approximate surface area is 117 Å². The van der Waals surface area contributed by atoms with Gasteiger partial charge in [-0.05, 0) is 31.0 Å². The summed E-state index contributed by atoms with van der Waals surface area (Å²) in [7, 11) is 1.74. The lowest BCUT2D eigenvalue weighted by Gasteiger charge is -2.26. The normalized spacial score (nSPS) is 16.1. The van der Waals surface area contributed by atoms with Crippen LogP contribution in [0.25, 0.3) is 10.2 Å². The highest BCUT2D eigenvalue weighted by Gasteiger charge is 2.18. The summed E-state index contributed by atoms with van der Waals surface area (Å²) in [5, 5.41) is 4.48. The monoisotopic (exact) mass is 277 g/mol. The molecule has 0 spiro atoms. The number of nitrogens with one attached hydrogen (secondary N) is 1. The van der Waals surface area contributed by atoms with Crippen molar-refractivity contribution in [2.24, 2.45) is 0 Å². The summed E-state index contributed by atoms with van der Waals surface area (Å²) in [6.45, 7) is 8.34. The van der Waals surface area contributed by atoms with Gasteiger partial charge in [0, 0.05) is 26.2 Å². The number of anilines is 1. The molecule has 0 aliphatic carbocycles. The van der Waals surface area contributed by atoms with Crippen LogP contribution >= 0.6 is 11.3 Å². The Morgan fingerprint density at radius 3 is 2.74 bits per heavy atom. The van der Waals surface area contributed by atoms with Gasteiger partial charge in [0.25, 0.3) is 0 Å². The molecule has 2 aromatic rings. The molecule has 1 aromatic carbocycles. The first-order chi connectivity index (χ1) is 9.20. The number of rotatable bonds is 2. The highest BCUT2D eigenvalue weighted by atomic mass is 32.1. The zero-order valence-electron chi connectivity index (χ0n) is 11.6. The third-order valence-corrected chi connectivity index (χ3v) is 4.86. The minimum atomic E-state index is 0.980. The second-order valence-electron chi connectivity index (χ2n) is 4.93. The first-order valence-electron chi connectivity index (χ1n) is 6.61. The summed E-state index contributed by atoms with van der Waals surface area (Å²) >= 11 is 1.74. The Morgan fingerprint density at radius 2 is 2.05 bits per heavy atom. The number of fused-ring (bicyclic) bond motifs is 1. The van der Waals surface area contributed by atoms with Gasteiger partial charge < -0.3 is 15.0 Å². The Balaban J connectivity index is 2.09. The molecule has 102 valence electrons. The van der Waals surface area contributed by atoms with Crippen molar-refractivity contribution >= 4 is 26.7 Å². The predicted octanol–water partition coefficient (Wildman–Crippen LogP) is 2.33. The standard InChI is InChI=1S/C14H19N3OS/c1-9-8-11-13(12(18-3)10(9)2)19-14(16-11)17-6-4-15-5-7-17/h8,15H,4-7H2,1-3H3. The molecule has 0 amide bonds. The van der Waals surface area contributed by atoms with Crippen molar-refractivity contribution in [3.05, 3.63) is 17.2 Å². The van der Waals surface area contributed by atoms with Gasteiger partial charge in [0.1, 0.15) is 5.75 Å². The zero-order chi connectivity index (χ0) is 13.4. The molecule has 0 saturated carbocycles. The van der Waals surface area contributed by atoms with Crippen molar-refractivity contribution in [1.82, 2.24) is 10.3 Å². The lowest BCUT2D eigenvalue weighted by atomic mass is 10.1. The summed E-state index contributed by atoms with van der Waals surface area (Å²) in [5.41, 5.74) is 3.51. The van der Waals surface area contributed by atoms with E-state index in [2.05, 4.69) is 30.1 Å². The van der Waals surface area contributed by atoms with Gasteiger partial charge in [0.15, 0.2) is 5.13 Å². The van der Waals surface area contributed by atoms with Crippen molar-refractivity contribution in [2.45, 2.75) is 13.8 Å². The van der Waals surface area contributed by atoms with Crippen LogP contribution in [0.3, 0.4) is 0 Å². The van der Waals surface area contributed by atoms with Crippen LogP contribution < -0.4 is 15.0 Å². The average molecular weight is 277 g/mol. The van der Waals surface area contributed by atoms with E-state index in [-0.39, 0.29) is 0 Å². The number of hydrogen-bond donors (Lipinski definition) is 1. The van der Waals surface area contributed by atoms with Crippen LogP contribution in [0.15, 0.2) is 6.07 Å². The summed E-state index contributed by atoms with van der Waals surface area (Å²) < 4.78 is 6.75. The van der Waals surface area contributed by atoms with E-state index in [1.165, 1.54) is 15.8 Å². The molecule has 1 aliphatic heterocycles. The van der Waals surface area contributed by atoms with Gasteiger partial charge in [-0.2, -0.15) is 0 Å². The third-order valence-electron chi connectivity index (χ3n) is 3.73. The molecule has 0 atom stereocenters. The number of ether oxygens (including phenoxy) is 1. The number of piperazine rings is 1. The summed E-state index contributed by atoms with van der Waals surface area (Å²) in [4.78, 5) is 7.14. The van der Waals surface area contributed by atoms with Crippen LogP contribution in [0.5, 0.6) is 5.75 Å². The fraction of sp³-hybridized carbons (Fsp3) is 0.500. The Kier molecular flexibility index (Phi) is 3.33.